The first-order chi connectivity index (χ1) is 16.2. The number of fused-ring (bicyclic) bond motifs is 1. The van der Waals surface area contributed by atoms with Crippen molar-refractivity contribution >= 4 is 33.5 Å². The van der Waals surface area contributed by atoms with Crippen molar-refractivity contribution in [1.82, 2.24) is 4.90 Å². The van der Waals surface area contributed by atoms with E-state index in [0.717, 1.165) is 25.7 Å². The molecule has 2 amide bonds. The lowest BCUT2D eigenvalue weighted by atomic mass is 9.81. The number of sulfonamides is 1. The summed E-state index contributed by atoms with van der Waals surface area (Å²) in [5.41, 5.74) is 1.54. The van der Waals surface area contributed by atoms with Gasteiger partial charge in [0.05, 0.1) is 35.4 Å². The highest BCUT2D eigenvalue weighted by molar-refractivity contribution is 7.92. The lowest BCUT2D eigenvalue weighted by Gasteiger charge is -2.19. The van der Waals surface area contributed by atoms with Crippen LogP contribution >= 0.6 is 0 Å². The normalized spacial score (nSPS) is 20.2. The second kappa shape index (κ2) is 9.58. The molecule has 1 saturated heterocycles. The minimum atomic E-state index is -3.99. The molecular weight excluding hydrogens is 456 g/mol. The number of nitrogens with zero attached hydrogens (tertiary/aromatic N) is 1. The summed E-state index contributed by atoms with van der Waals surface area (Å²) >= 11 is 0. The SMILES string of the molecule is CCOC(=O)c1cccc(NS(=O)(=O)c2cc(CN3C(=O)[C@H]4CCCC[C@H]4C3=O)ccc2C)c1. The standard InChI is InChI=1S/C25H28N2O6S/c1-3-33-25(30)18-7-6-8-19(14-18)26-34(31,32)22-13-17(12-11-16(22)2)15-27-23(28)20-9-4-5-10-21(20)24(27)29/h6-8,11-14,20-21,26H,3-5,9-10,15H2,1-2H3/t20-,21+. The Kier molecular flexibility index (Phi) is 6.74. The van der Waals surface area contributed by atoms with Gasteiger partial charge in [-0.15, -0.1) is 0 Å². The van der Waals surface area contributed by atoms with Crippen LogP contribution in [0, 0.1) is 18.8 Å². The largest absolute Gasteiger partial charge is 0.462 e. The van der Waals surface area contributed by atoms with Gasteiger partial charge in [0.15, 0.2) is 0 Å². The Labute approximate surface area is 199 Å². The van der Waals surface area contributed by atoms with E-state index in [1.54, 1.807) is 44.2 Å². The minimum Gasteiger partial charge on any atom is -0.462 e. The predicted molar refractivity (Wildman–Crippen MR) is 125 cm³/mol. The highest BCUT2D eigenvalue weighted by Crippen LogP contribution is 2.38. The molecule has 0 unspecified atom stereocenters. The number of amides is 2. The summed E-state index contributed by atoms with van der Waals surface area (Å²) in [5.74, 6) is -1.35. The molecular formula is C25H28N2O6S. The van der Waals surface area contributed by atoms with Crippen LogP contribution in [-0.4, -0.2) is 37.7 Å². The van der Waals surface area contributed by atoms with Gasteiger partial charge >= 0.3 is 5.97 Å². The topological polar surface area (TPSA) is 110 Å². The average molecular weight is 485 g/mol. The molecule has 1 heterocycles. The number of ether oxygens (including phenoxy) is 1. The zero-order chi connectivity index (χ0) is 24.5. The second-order valence-corrected chi connectivity index (χ2v) is 10.4. The van der Waals surface area contributed by atoms with Crippen molar-refractivity contribution in [2.45, 2.75) is 51.0 Å². The predicted octanol–water partition coefficient (Wildman–Crippen LogP) is 3.65. The molecule has 0 radical (unpaired) electrons. The van der Waals surface area contributed by atoms with Gasteiger partial charge in [-0.05, 0) is 62.1 Å². The highest BCUT2D eigenvalue weighted by Gasteiger charge is 2.47. The third kappa shape index (κ3) is 4.70. The van der Waals surface area contributed by atoms with Gasteiger partial charge in [-0.1, -0.05) is 31.0 Å². The molecule has 1 aliphatic carbocycles. The molecule has 180 valence electrons. The lowest BCUT2D eigenvalue weighted by Crippen LogP contribution is -2.30. The van der Waals surface area contributed by atoms with Crippen LogP contribution in [-0.2, 0) is 30.9 Å². The number of carbonyl (C=O) groups excluding carboxylic acids is 3. The maximum atomic E-state index is 13.2. The van der Waals surface area contributed by atoms with Crippen molar-refractivity contribution in [2.24, 2.45) is 11.8 Å². The number of esters is 1. The van der Waals surface area contributed by atoms with Crippen molar-refractivity contribution in [3.63, 3.8) is 0 Å². The van der Waals surface area contributed by atoms with Gasteiger partial charge < -0.3 is 4.74 Å². The summed E-state index contributed by atoms with van der Waals surface area (Å²) in [6, 6.07) is 11.0. The third-order valence-corrected chi connectivity index (χ3v) is 7.96. The van der Waals surface area contributed by atoms with Crippen LogP contribution in [0.15, 0.2) is 47.4 Å². The Hall–Kier alpha value is -3.20. The quantitative estimate of drug-likeness (QED) is 0.475. The molecule has 0 aromatic heterocycles. The number of carbonyl (C=O) groups is 3. The molecule has 0 spiro atoms. The second-order valence-electron chi connectivity index (χ2n) is 8.77. The van der Waals surface area contributed by atoms with Crippen LogP contribution in [0.5, 0.6) is 0 Å². The van der Waals surface area contributed by atoms with E-state index in [1.807, 2.05) is 0 Å². The summed E-state index contributed by atoms with van der Waals surface area (Å²) in [7, 11) is -3.99. The Bertz CT molecular complexity index is 1220. The number of imide groups is 1. The molecule has 2 fully saturated rings. The van der Waals surface area contributed by atoms with Crippen molar-refractivity contribution in [3.8, 4) is 0 Å². The molecule has 0 bridgehead atoms. The summed E-state index contributed by atoms with van der Waals surface area (Å²) in [5, 5.41) is 0. The fourth-order valence-electron chi connectivity index (χ4n) is 4.74. The number of hydrogen-bond donors (Lipinski definition) is 1. The van der Waals surface area contributed by atoms with Crippen LogP contribution in [0.2, 0.25) is 0 Å². The molecule has 4 rings (SSSR count). The van der Waals surface area contributed by atoms with Crippen LogP contribution in [0.3, 0.4) is 0 Å². The van der Waals surface area contributed by atoms with E-state index in [1.165, 1.54) is 17.0 Å². The van der Waals surface area contributed by atoms with E-state index in [2.05, 4.69) is 4.72 Å². The van der Waals surface area contributed by atoms with E-state index >= 15 is 0 Å². The smallest absolute Gasteiger partial charge is 0.338 e. The molecule has 34 heavy (non-hydrogen) atoms. The first-order valence-corrected chi connectivity index (χ1v) is 12.9. The first kappa shape index (κ1) is 23.9. The molecule has 2 aromatic rings. The van der Waals surface area contributed by atoms with Crippen molar-refractivity contribution in [3.05, 3.63) is 59.2 Å². The number of nitrogens with one attached hydrogen (secondary N) is 1. The molecule has 2 atom stereocenters. The first-order valence-electron chi connectivity index (χ1n) is 11.5. The van der Waals surface area contributed by atoms with Crippen molar-refractivity contribution in [2.75, 3.05) is 11.3 Å². The van der Waals surface area contributed by atoms with Crippen LogP contribution < -0.4 is 4.72 Å². The molecule has 2 aromatic carbocycles. The van der Waals surface area contributed by atoms with E-state index in [4.69, 9.17) is 4.74 Å². The number of rotatable bonds is 7. The Morgan fingerprint density at radius 3 is 2.38 bits per heavy atom. The molecule has 1 aliphatic heterocycles. The van der Waals surface area contributed by atoms with Gasteiger partial charge in [0.2, 0.25) is 11.8 Å². The number of aryl methyl sites for hydroxylation is 1. The average Bonchev–Trinajstić information content (AvgIpc) is 3.05. The summed E-state index contributed by atoms with van der Waals surface area (Å²) in [6.45, 7) is 3.63. The molecule has 9 heteroatoms. The summed E-state index contributed by atoms with van der Waals surface area (Å²) < 4.78 is 33.8. The summed E-state index contributed by atoms with van der Waals surface area (Å²) in [6.07, 6.45) is 3.36. The zero-order valence-corrected chi connectivity index (χ0v) is 20.1. The maximum absolute atomic E-state index is 13.2. The number of benzene rings is 2. The van der Waals surface area contributed by atoms with Crippen LogP contribution in [0.1, 0.15) is 54.1 Å². The molecule has 1 N–H and O–H groups in total. The number of anilines is 1. The Balaban J connectivity index is 1.56. The third-order valence-electron chi connectivity index (χ3n) is 6.44. The fraction of sp³-hybridized carbons (Fsp3) is 0.400. The van der Waals surface area contributed by atoms with E-state index < -0.39 is 16.0 Å². The highest BCUT2D eigenvalue weighted by atomic mass is 32.2. The Morgan fingerprint density at radius 2 is 1.74 bits per heavy atom. The van der Waals surface area contributed by atoms with Gasteiger partial charge in [-0.25, -0.2) is 13.2 Å². The van der Waals surface area contributed by atoms with Gasteiger partial charge in [-0.2, -0.15) is 0 Å². The van der Waals surface area contributed by atoms with Gasteiger partial charge in [0.25, 0.3) is 10.0 Å². The number of likely N-dealkylation sites (tertiary alicyclic amines) is 1. The van der Waals surface area contributed by atoms with Gasteiger partial charge in [-0.3, -0.25) is 19.2 Å². The molecule has 1 saturated carbocycles. The monoisotopic (exact) mass is 484 g/mol. The Morgan fingerprint density at radius 1 is 1.06 bits per heavy atom. The van der Waals surface area contributed by atoms with E-state index in [-0.39, 0.29) is 52.9 Å². The van der Waals surface area contributed by atoms with Gasteiger partial charge in [0, 0.05) is 5.69 Å². The van der Waals surface area contributed by atoms with E-state index in [9.17, 15) is 22.8 Å². The van der Waals surface area contributed by atoms with Crippen molar-refractivity contribution < 1.29 is 27.5 Å². The zero-order valence-electron chi connectivity index (χ0n) is 19.2. The molecule has 8 nitrogen and oxygen atoms in total. The van der Waals surface area contributed by atoms with E-state index in [0.29, 0.717) is 11.1 Å². The van der Waals surface area contributed by atoms with Crippen molar-refractivity contribution in [1.29, 1.82) is 0 Å². The number of hydrogen-bond acceptors (Lipinski definition) is 6. The lowest BCUT2D eigenvalue weighted by molar-refractivity contribution is -0.140. The fourth-order valence-corrected chi connectivity index (χ4v) is 6.08. The van der Waals surface area contributed by atoms with Crippen LogP contribution in [0.4, 0.5) is 5.69 Å². The summed E-state index contributed by atoms with van der Waals surface area (Å²) in [4.78, 5) is 38.9. The van der Waals surface area contributed by atoms with Gasteiger partial charge in [0.1, 0.15) is 0 Å². The molecule has 2 aliphatic rings. The maximum Gasteiger partial charge on any atom is 0.338 e. The van der Waals surface area contributed by atoms with Crippen LogP contribution in [0.25, 0.3) is 0 Å². The minimum absolute atomic E-state index is 0.0445.